The molecule has 0 atom stereocenters. The van der Waals surface area contributed by atoms with Gasteiger partial charge in [-0.1, -0.05) is 39.0 Å². The van der Waals surface area contributed by atoms with Crippen LogP contribution in [0.15, 0.2) is 24.8 Å². The number of benzene rings is 1. The van der Waals surface area contributed by atoms with E-state index in [1.165, 1.54) is 11.1 Å². The van der Waals surface area contributed by atoms with Crippen molar-refractivity contribution < 1.29 is 4.74 Å². The van der Waals surface area contributed by atoms with Crippen LogP contribution >= 0.6 is 0 Å². The fourth-order valence-electron chi connectivity index (χ4n) is 1.95. The lowest BCUT2D eigenvalue weighted by Gasteiger charge is -2.26. The molecular weight excluding hydrogens is 220 g/mol. The molecule has 0 aliphatic carbocycles. The Balaban J connectivity index is 3.24. The third-order valence-electron chi connectivity index (χ3n) is 2.68. The molecule has 0 fully saturated rings. The Bertz CT molecular complexity index is 442. The predicted octanol–water partition coefficient (Wildman–Crippen LogP) is 5.19. The molecule has 1 nitrogen and oxygen atoms in total. The van der Waals surface area contributed by atoms with E-state index in [-0.39, 0.29) is 11.0 Å². The second kappa shape index (κ2) is 4.79. The SMILES string of the molecule is C=C(C)c1cc(OC(C)(C)C)ccc1C(C)(C)C. The Kier molecular flexibility index (Phi) is 3.95. The van der Waals surface area contributed by atoms with Gasteiger partial charge >= 0.3 is 0 Å². The summed E-state index contributed by atoms with van der Waals surface area (Å²) in [6, 6.07) is 6.32. The monoisotopic (exact) mass is 246 g/mol. The summed E-state index contributed by atoms with van der Waals surface area (Å²) in [5, 5.41) is 0. The van der Waals surface area contributed by atoms with Gasteiger partial charge in [-0.15, -0.1) is 0 Å². The van der Waals surface area contributed by atoms with Crippen molar-refractivity contribution in [1.82, 2.24) is 0 Å². The van der Waals surface area contributed by atoms with Gasteiger partial charge in [-0.3, -0.25) is 0 Å². The zero-order valence-electron chi connectivity index (χ0n) is 12.8. The van der Waals surface area contributed by atoms with Crippen LogP contribution < -0.4 is 4.74 Å². The Morgan fingerprint density at radius 1 is 1.06 bits per heavy atom. The highest BCUT2D eigenvalue weighted by Gasteiger charge is 2.20. The lowest BCUT2D eigenvalue weighted by molar-refractivity contribution is 0.131. The van der Waals surface area contributed by atoms with Gasteiger partial charge in [0, 0.05) is 0 Å². The van der Waals surface area contributed by atoms with Crippen molar-refractivity contribution in [3.05, 3.63) is 35.9 Å². The van der Waals surface area contributed by atoms with Crippen molar-refractivity contribution in [3.8, 4) is 5.75 Å². The van der Waals surface area contributed by atoms with E-state index in [1.807, 2.05) is 6.92 Å². The quantitative estimate of drug-likeness (QED) is 0.697. The number of rotatable bonds is 2. The lowest BCUT2D eigenvalue weighted by atomic mass is 9.82. The van der Waals surface area contributed by atoms with Crippen LogP contribution in [0, 0.1) is 0 Å². The predicted molar refractivity (Wildman–Crippen MR) is 80.2 cm³/mol. The normalized spacial score (nSPS) is 12.4. The molecule has 100 valence electrons. The summed E-state index contributed by atoms with van der Waals surface area (Å²) in [5.74, 6) is 0.911. The maximum Gasteiger partial charge on any atom is 0.120 e. The van der Waals surface area contributed by atoms with Crippen molar-refractivity contribution >= 4 is 5.57 Å². The van der Waals surface area contributed by atoms with Crippen LogP contribution in [0.3, 0.4) is 0 Å². The fraction of sp³-hybridized carbons (Fsp3) is 0.529. The molecule has 1 rings (SSSR count). The van der Waals surface area contributed by atoms with E-state index >= 15 is 0 Å². The molecule has 0 saturated heterocycles. The van der Waals surface area contributed by atoms with Crippen molar-refractivity contribution in [1.29, 1.82) is 0 Å². The van der Waals surface area contributed by atoms with Gasteiger partial charge in [-0.2, -0.15) is 0 Å². The van der Waals surface area contributed by atoms with Gasteiger partial charge in [0.2, 0.25) is 0 Å². The molecule has 0 bridgehead atoms. The number of hydrogen-bond acceptors (Lipinski definition) is 1. The standard InChI is InChI=1S/C17H26O/c1-12(2)14-11-13(18-17(6,7)8)9-10-15(14)16(3,4)5/h9-11H,1H2,2-8H3. The second-order valence-corrected chi connectivity index (χ2v) is 6.95. The maximum absolute atomic E-state index is 5.92. The lowest BCUT2D eigenvalue weighted by Crippen LogP contribution is -2.23. The summed E-state index contributed by atoms with van der Waals surface area (Å²) in [7, 11) is 0. The molecule has 1 aromatic carbocycles. The Morgan fingerprint density at radius 3 is 2.00 bits per heavy atom. The minimum absolute atomic E-state index is 0.120. The fourth-order valence-corrected chi connectivity index (χ4v) is 1.95. The summed E-state index contributed by atoms with van der Waals surface area (Å²) >= 11 is 0. The zero-order valence-corrected chi connectivity index (χ0v) is 12.8. The van der Waals surface area contributed by atoms with E-state index in [2.05, 4.69) is 66.3 Å². The van der Waals surface area contributed by atoms with Crippen LogP contribution in [0.4, 0.5) is 0 Å². The van der Waals surface area contributed by atoms with Crippen LogP contribution in [0.5, 0.6) is 5.75 Å². The van der Waals surface area contributed by atoms with Crippen LogP contribution in [0.2, 0.25) is 0 Å². The van der Waals surface area contributed by atoms with Gasteiger partial charge in [0.25, 0.3) is 0 Å². The molecule has 0 aliphatic rings. The summed E-state index contributed by atoms with van der Waals surface area (Å²) in [5.41, 5.74) is 3.55. The summed E-state index contributed by atoms with van der Waals surface area (Å²) < 4.78 is 5.92. The van der Waals surface area contributed by atoms with Crippen LogP contribution in [0.1, 0.15) is 59.6 Å². The van der Waals surface area contributed by atoms with Gasteiger partial charge in [0.1, 0.15) is 11.4 Å². The minimum atomic E-state index is -0.171. The molecule has 0 spiro atoms. The first kappa shape index (κ1) is 14.8. The van der Waals surface area contributed by atoms with Gasteiger partial charge in [0.05, 0.1) is 0 Å². The van der Waals surface area contributed by atoms with E-state index in [9.17, 15) is 0 Å². The third-order valence-corrected chi connectivity index (χ3v) is 2.68. The molecule has 0 heterocycles. The zero-order chi connectivity index (χ0) is 14.1. The van der Waals surface area contributed by atoms with Crippen LogP contribution in [0.25, 0.3) is 5.57 Å². The number of ether oxygens (including phenoxy) is 1. The van der Waals surface area contributed by atoms with E-state index < -0.39 is 0 Å². The van der Waals surface area contributed by atoms with E-state index in [0.29, 0.717) is 0 Å². The first-order chi connectivity index (χ1) is 8.00. The van der Waals surface area contributed by atoms with Crippen molar-refractivity contribution in [2.75, 3.05) is 0 Å². The van der Waals surface area contributed by atoms with E-state index in [4.69, 9.17) is 4.74 Å². The molecule has 1 aromatic rings. The molecule has 0 aromatic heterocycles. The molecule has 0 aliphatic heterocycles. The summed E-state index contributed by atoms with van der Waals surface area (Å²) in [6.07, 6.45) is 0. The van der Waals surface area contributed by atoms with Gasteiger partial charge in [-0.25, -0.2) is 0 Å². The largest absolute Gasteiger partial charge is 0.488 e. The third kappa shape index (κ3) is 3.90. The molecule has 0 unspecified atom stereocenters. The number of hydrogen-bond donors (Lipinski definition) is 0. The Hall–Kier alpha value is -1.24. The molecule has 1 heteroatoms. The Morgan fingerprint density at radius 2 is 1.61 bits per heavy atom. The minimum Gasteiger partial charge on any atom is -0.488 e. The molecular formula is C17H26O. The molecule has 0 radical (unpaired) electrons. The number of allylic oxidation sites excluding steroid dienone is 1. The van der Waals surface area contributed by atoms with Gasteiger partial charge in [0.15, 0.2) is 0 Å². The van der Waals surface area contributed by atoms with Crippen LogP contribution in [-0.4, -0.2) is 5.60 Å². The van der Waals surface area contributed by atoms with Crippen molar-refractivity contribution in [3.63, 3.8) is 0 Å². The molecule has 18 heavy (non-hydrogen) atoms. The summed E-state index contributed by atoms with van der Waals surface area (Å²) in [4.78, 5) is 0. The first-order valence-electron chi connectivity index (χ1n) is 6.50. The average Bonchev–Trinajstić information content (AvgIpc) is 2.12. The average molecular weight is 246 g/mol. The first-order valence-corrected chi connectivity index (χ1v) is 6.50. The van der Waals surface area contributed by atoms with Crippen LogP contribution in [-0.2, 0) is 5.41 Å². The molecule has 0 amide bonds. The highest BCUT2D eigenvalue weighted by atomic mass is 16.5. The van der Waals surface area contributed by atoms with E-state index in [1.54, 1.807) is 0 Å². The smallest absolute Gasteiger partial charge is 0.120 e. The highest BCUT2D eigenvalue weighted by Crippen LogP contribution is 2.33. The van der Waals surface area contributed by atoms with Crippen molar-refractivity contribution in [2.24, 2.45) is 0 Å². The maximum atomic E-state index is 5.92. The van der Waals surface area contributed by atoms with Gasteiger partial charge in [-0.05, 0) is 56.4 Å². The molecule has 0 N–H and O–H groups in total. The molecule has 0 saturated carbocycles. The summed E-state index contributed by atoms with van der Waals surface area (Å²) in [6.45, 7) is 19.0. The Labute approximate surface area is 112 Å². The van der Waals surface area contributed by atoms with E-state index in [0.717, 1.165) is 11.3 Å². The van der Waals surface area contributed by atoms with Gasteiger partial charge < -0.3 is 4.74 Å². The topological polar surface area (TPSA) is 9.23 Å². The van der Waals surface area contributed by atoms with Crippen molar-refractivity contribution in [2.45, 2.75) is 59.5 Å². The highest BCUT2D eigenvalue weighted by molar-refractivity contribution is 5.67. The second-order valence-electron chi connectivity index (χ2n) is 6.95.